The Labute approximate surface area is 183 Å². The number of hydrogen-bond donors (Lipinski definition) is 2. The third kappa shape index (κ3) is 3.39. The molecule has 166 valence electrons. The highest BCUT2D eigenvalue weighted by molar-refractivity contribution is 6.07. The second-order valence-electron chi connectivity index (χ2n) is 7.65. The van der Waals surface area contributed by atoms with E-state index in [0.717, 1.165) is 0 Å². The number of amides is 2. The molecule has 0 aliphatic carbocycles. The molecular weight excluding hydrogens is 415 g/mol. The summed E-state index contributed by atoms with van der Waals surface area (Å²) in [5.41, 5.74) is 0.429. The molecule has 0 spiro atoms. The third-order valence-corrected chi connectivity index (χ3v) is 6.11. The van der Waals surface area contributed by atoms with Gasteiger partial charge < -0.3 is 9.72 Å². The van der Waals surface area contributed by atoms with Gasteiger partial charge in [-0.05, 0) is 44.0 Å². The number of carbonyl (C=O) groups is 2. The molecule has 2 N–H and O–H groups in total. The molecule has 3 heterocycles. The zero-order chi connectivity index (χ0) is 23.0. The molecule has 2 aromatic heterocycles. The maximum absolute atomic E-state index is 15.2. The number of nitrogens with zero attached hydrogens (tertiary/aromatic N) is 2. The van der Waals surface area contributed by atoms with Crippen molar-refractivity contribution in [2.45, 2.75) is 45.6 Å². The van der Waals surface area contributed by atoms with Crippen LogP contribution in [0.15, 0.2) is 47.1 Å². The minimum absolute atomic E-state index is 0.133. The lowest BCUT2D eigenvalue weighted by Gasteiger charge is -2.28. The normalized spacial score (nSPS) is 15.4. The van der Waals surface area contributed by atoms with Crippen LogP contribution in [0.1, 0.15) is 39.2 Å². The van der Waals surface area contributed by atoms with Gasteiger partial charge >= 0.3 is 6.09 Å². The topological polar surface area (TPSA) is 106 Å². The number of aromatic nitrogens is 3. The van der Waals surface area contributed by atoms with Gasteiger partial charge in [0.1, 0.15) is 5.82 Å². The van der Waals surface area contributed by atoms with Crippen LogP contribution in [0.25, 0.3) is 22.2 Å². The van der Waals surface area contributed by atoms with Crippen LogP contribution < -0.4 is 10.9 Å². The Morgan fingerprint density at radius 1 is 1.12 bits per heavy atom. The summed E-state index contributed by atoms with van der Waals surface area (Å²) in [6.45, 7) is 6.30. The van der Waals surface area contributed by atoms with E-state index in [9.17, 15) is 14.4 Å². The summed E-state index contributed by atoms with van der Waals surface area (Å²) in [5, 5.41) is 6.62. The van der Waals surface area contributed by atoms with Crippen molar-refractivity contribution in [2.24, 2.45) is 0 Å². The highest BCUT2D eigenvalue weighted by Crippen LogP contribution is 2.34. The number of aryl methyl sites for hydroxylation is 1. The standard InChI is InChI=1S/C23H23FN4O4/c1-4-23(5-2,11-18-21(30)27-22(31)32-18)15-8-9-16(26-20(15)29)13-7-10-17-14(19(13)24)12-25-28(17)6-3/h7-12H,4-6H2,1-3H3,(H,26,29)(H,27,30,31)/b18-11+. The van der Waals surface area contributed by atoms with Gasteiger partial charge in [-0.1, -0.05) is 19.9 Å². The first-order valence-corrected chi connectivity index (χ1v) is 10.5. The van der Waals surface area contributed by atoms with Crippen LogP contribution in [0, 0.1) is 5.82 Å². The Morgan fingerprint density at radius 3 is 2.47 bits per heavy atom. The molecule has 1 saturated heterocycles. The SMILES string of the molecule is CCn1ncc2c(F)c(-c3ccc(C(/C=C4/OC(=O)NC4=O)(CC)CC)c(=O)[nH]3)ccc21. The Kier molecular flexibility index (Phi) is 5.41. The van der Waals surface area contributed by atoms with Gasteiger partial charge in [0, 0.05) is 23.1 Å². The number of benzene rings is 1. The van der Waals surface area contributed by atoms with Crippen molar-refractivity contribution >= 4 is 22.9 Å². The number of halogens is 1. The largest absolute Gasteiger partial charge is 0.419 e. The predicted molar refractivity (Wildman–Crippen MR) is 116 cm³/mol. The van der Waals surface area contributed by atoms with Crippen molar-refractivity contribution in [3.05, 3.63) is 64.0 Å². The molecule has 9 heteroatoms. The van der Waals surface area contributed by atoms with Crippen LogP contribution in [0.4, 0.5) is 9.18 Å². The summed E-state index contributed by atoms with van der Waals surface area (Å²) in [7, 11) is 0. The lowest BCUT2D eigenvalue weighted by Crippen LogP contribution is -2.31. The number of cyclic esters (lactones) is 1. The molecule has 1 fully saturated rings. The van der Waals surface area contributed by atoms with Crippen molar-refractivity contribution < 1.29 is 18.7 Å². The fraction of sp³-hybridized carbons (Fsp3) is 0.304. The Bertz CT molecular complexity index is 1320. The maximum atomic E-state index is 15.2. The van der Waals surface area contributed by atoms with E-state index >= 15 is 4.39 Å². The highest BCUT2D eigenvalue weighted by Gasteiger charge is 2.35. The molecule has 0 saturated carbocycles. The summed E-state index contributed by atoms with van der Waals surface area (Å²) in [6.07, 6.45) is 3.11. The van der Waals surface area contributed by atoms with Crippen LogP contribution in [-0.2, 0) is 21.5 Å². The van der Waals surface area contributed by atoms with E-state index in [1.54, 1.807) is 28.9 Å². The first-order chi connectivity index (χ1) is 15.3. The molecule has 2 amide bonds. The minimum Gasteiger partial charge on any atom is -0.404 e. The molecule has 1 aliphatic rings. The van der Waals surface area contributed by atoms with Crippen LogP contribution in [0.5, 0.6) is 0 Å². The van der Waals surface area contributed by atoms with Crippen LogP contribution in [0.3, 0.4) is 0 Å². The van der Waals surface area contributed by atoms with Gasteiger partial charge in [-0.3, -0.25) is 19.6 Å². The summed E-state index contributed by atoms with van der Waals surface area (Å²) < 4.78 is 21.8. The van der Waals surface area contributed by atoms with E-state index < -0.39 is 28.8 Å². The van der Waals surface area contributed by atoms with E-state index in [0.29, 0.717) is 41.5 Å². The zero-order valence-electron chi connectivity index (χ0n) is 18.0. The number of fused-ring (bicyclic) bond motifs is 1. The number of H-pyrrole nitrogens is 1. The molecule has 1 aliphatic heterocycles. The monoisotopic (exact) mass is 438 g/mol. The van der Waals surface area contributed by atoms with Crippen molar-refractivity contribution in [3.8, 4) is 11.3 Å². The maximum Gasteiger partial charge on any atom is 0.419 e. The molecule has 0 unspecified atom stereocenters. The number of nitrogens with one attached hydrogen (secondary N) is 2. The lowest BCUT2D eigenvalue weighted by molar-refractivity contribution is -0.116. The van der Waals surface area contributed by atoms with E-state index in [-0.39, 0.29) is 11.3 Å². The molecule has 0 radical (unpaired) electrons. The van der Waals surface area contributed by atoms with E-state index in [4.69, 9.17) is 4.74 Å². The van der Waals surface area contributed by atoms with Crippen molar-refractivity contribution in [1.29, 1.82) is 0 Å². The number of allylic oxidation sites excluding steroid dienone is 1. The van der Waals surface area contributed by atoms with Crippen LogP contribution in [-0.4, -0.2) is 26.8 Å². The molecule has 3 aromatic rings. The fourth-order valence-corrected chi connectivity index (χ4v) is 4.19. The van der Waals surface area contributed by atoms with E-state index in [2.05, 4.69) is 15.4 Å². The molecule has 4 rings (SSSR count). The number of carbonyl (C=O) groups excluding carboxylic acids is 2. The van der Waals surface area contributed by atoms with Crippen molar-refractivity contribution in [3.63, 3.8) is 0 Å². The third-order valence-electron chi connectivity index (χ3n) is 6.11. The smallest absolute Gasteiger partial charge is 0.404 e. The molecule has 32 heavy (non-hydrogen) atoms. The molecule has 0 bridgehead atoms. The summed E-state index contributed by atoms with van der Waals surface area (Å²) >= 11 is 0. The second kappa shape index (κ2) is 8.07. The quantitative estimate of drug-likeness (QED) is 0.570. The summed E-state index contributed by atoms with van der Waals surface area (Å²) in [6, 6.07) is 6.67. The Morgan fingerprint density at radius 2 is 1.88 bits per heavy atom. The fourth-order valence-electron chi connectivity index (χ4n) is 4.19. The van der Waals surface area contributed by atoms with Gasteiger partial charge in [0.25, 0.3) is 11.5 Å². The number of alkyl carbamates (subject to hydrolysis) is 1. The molecule has 1 aromatic carbocycles. The molecule has 8 nitrogen and oxygen atoms in total. The van der Waals surface area contributed by atoms with E-state index in [1.165, 1.54) is 12.3 Å². The van der Waals surface area contributed by atoms with Crippen molar-refractivity contribution in [1.82, 2.24) is 20.1 Å². The Balaban J connectivity index is 1.79. The number of imide groups is 1. The van der Waals surface area contributed by atoms with Gasteiger partial charge in [0.15, 0.2) is 5.76 Å². The van der Waals surface area contributed by atoms with E-state index in [1.807, 2.05) is 20.8 Å². The number of ether oxygens (including phenoxy) is 1. The van der Waals surface area contributed by atoms with Crippen LogP contribution >= 0.6 is 0 Å². The number of aromatic amines is 1. The first-order valence-electron chi connectivity index (χ1n) is 10.5. The summed E-state index contributed by atoms with van der Waals surface area (Å²) in [5.74, 6) is -1.23. The Hall–Kier alpha value is -3.75. The second-order valence-corrected chi connectivity index (χ2v) is 7.65. The van der Waals surface area contributed by atoms with Crippen molar-refractivity contribution in [2.75, 3.05) is 0 Å². The molecule has 0 atom stereocenters. The minimum atomic E-state index is -0.844. The lowest BCUT2D eigenvalue weighted by atomic mass is 9.75. The highest BCUT2D eigenvalue weighted by atomic mass is 19.1. The number of pyridine rings is 1. The zero-order valence-corrected chi connectivity index (χ0v) is 18.0. The van der Waals surface area contributed by atoms with Gasteiger partial charge in [-0.25, -0.2) is 9.18 Å². The number of hydrogen-bond acceptors (Lipinski definition) is 5. The van der Waals surface area contributed by atoms with Gasteiger partial charge in [-0.2, -0.15) is 5.10 Å². The van der Waals surface area contributed by atoms with Crippen LogP contribution in [0.2, 0.25) is 0 Å². The average Bonchev–Trinajstić information content (AvgIpc) is 3.34. The predicted octanol–water partition coefficient (Wildman–Crippen LogP) is 3.76. The van der Waals surface area contributed by atoms with Gasteiger partial charge in [0.05, 0.1) is 22.8 Å². The summed E-state index contributed by atoms with van der Waals surface area (Å²) in [4.78, 5) is 39.2. The molecular formula is C23H23FN4O4. The first kappa shape index (κ1) is 21.5. The van der Waals surface area contributed by atoms with Gasteiger partial charge in [0.2, 0.25) is 0 Å². The van der Waals surface area contributed by atoms with Gasteiger partial charge in [-0.15, -0.1) is 0 Å². The average molecular weight is 438 g/mol. The number of rotatable bonds is 6.